The molecule has 0 bridgehead atoms. The zero-order chi connectivity index (χ0) is 15.4. The second-order valence-electron chi connectivity index (χ2n) is 5.22. The van der Waals surface area contributed by atoms with E-state index < -0.39 is 0 Å². The third-order valence-electron chi connectivity index (χ3n) is 3.01. The van der Waals surface area contributed by atoms with Crippen LogP contribution in [0.15, 0.2) is 28.7 Å². The van der Waals surface area contributed by atoms with Crippen LogP contribution in [-0.2, 0) is 13.2 Å². The maximum Gasteiger partial charge on any atom is 0.146 e. The van der Waals surface area contributed by atoms with Crippen LogP contribution in [0.25, 0.3) is 0 Å². The van der Waals surface area contributed by atoms with Crippen LogP contribution in [0.5, 0.6) is 5.75 Å². The highest BCUT2D eigenvalue weighted by Crippen LogP contribution is 2.26. The van der Waals surface area contributed by atoms with Gasteiger partial charge in [-0.3, -0.25) is 0 Å². The molecule has 0 aliphatic carbocycles. The van der Waals surface area contributed by atoms with Gasteiger partial charge in [-0.05, 0) is 36.8 Å². The minimum atomic E-state index is -0.386. The molecule has 0 unspecified atom stereocenters. The first-order valence-corrected chi connectivity index (χ1v) is 7.23. The standard InChI is InChI=1S/C16H19ClFNO2/c1-10(2)19-8-16-11(3)6-13(21-16)9-20-15-5-4-12(18)7-14(15)17/h4-7,10,19H,8-9H2,1-3H3. The smallest absolute Gasteiger partial charge is 0.146 e. The number of aryl methyl sites for hydroxylation is 1. The number of furan rings is 1. The molecule has 1 heterocycles. The summed E-state index contributed by atoms with van der Waals surface area (Å²) in [6, 6.07) is 6.38. The monoisotopic (exact) mass is 311 g/mol. The van der Waals surface area contributed by atoms with Gasteiger partial charge in [0, 0.05) is 6.04 Å². The minimum Gasteiger partial charge on any atom is -0.484 e. The van der Waals surface area contributed by atoms with Gasteiger partial charge in [0.1, 0.15) is 29.7 Å². The van der Waals surface area contributed by atoms with Gasteiger partial charge in [0.2, 0.25) is 0 Å². The summed E-state index contributed by atoms with van der Waals surface area (Å²) in [5.41, 5.74) is 1.08. The summed E-state index contributed by atoms with van der Waals surface area (Å²) in [5, 5.41) is 3.56. The third-order valence-corrected chi connectivity index (χ3v) is 3.30. The number of rotatable bonds is 6. The van der Waals surface area contributed by atoms with E-state index >= 15 is 0 Å². The topological polar surface area (TPSA) is 34.4 Å². The molecule has 21 heavy (non-hydrogen) atoms. The molecule has 0 fully saturated rings. The molecule has 0 atom stereocenters. The number of nitrogens with one attached hydrogen (secondary N) is 1. The van der Waals surface area contributed by atoms with Crippen LogP contribution in [-0.4, -0.2) is 6.04 Å². The lowest BCUT2D eigenvalue weighted by Gasteiger charge is -2.07. The van der Waals surface area contributed by atoms with Crippen molar-refractivity contribution in [1.29, 1.82) is 0 Å². The van der Waals surface area contributed by atoms with Crippen LogP contribution < -0.4 is 10.1 Å². The van der Waals surface area contributed by atoms with Crippen molar-refractivity contribution in [1.82, 2.24) is 5.32 Å². The molecule has 114 valence electrons. The average Bonchev–Trinajstić information content (AvgIpc) is 2.76. The van der Waals surface area contributed by atoms with Gasteiger partial charge < -0.3 is 14.5 Å². The van der Waals surface area contributed by atoms with E-state index in [1.54, 1.807) is 0 Å². The molecule has 0 radical (unpaired) electrons. The largest absolute Gasteiger partial charge is 0.484 e. The van der Waals surface area contributed by atoms with Gasteiger partial charge in [0.05, 0.1) is 11.6 Å². The first kappa shape index (κ1) is 15.9. The van der Waals surface area contributed by atoms with E-state index in [-0.39, 0.29) is 17.4 Å². The molecular weight excluding hydrogens is 293 g/mol. The fourth-order valence-electron chi connectivity index (χ4n) is 1.87. The van der Waals surface area contributed by atoms with Gasteiger partial charge in [-0.2, -0.15) is 0 Å². The highest BCUT2D eigenvalue weighted by Gasteiger charge is 2.10. The maximum absolute atomic E-state index is 13.0. The summed E-state index contributed by atoms with van der Waals surface area (Å²) < 4.78 is 24.3. The van der Waals surface area contributed by atoms with Gasteiger partial charge in [0.25, 0.3) is 0 Å². The van der Waals surface area contributed by atoms with Gasteiger partial charge in [-0.15, -0.1) is 0 Å². The Morgan fingerprint density at radius 3 is 2.76 bits per heavy atom. The van der Waals surface area contributed by atoms with Crippen molar-refractivity contribution >= 4 is 11.6 Å². The quantitative estimate of drug-likeness (QED) is 0.855. The van der Waals surface area contributed by atoms with Crippen LogP contribution in [0.3, 0.4) is 0 Å². The lowest BCUT2D eigenvalue weighted by molar-refractivity contribution is 0.264. The molecule has 0 spiro atoms. The zero-order valence-electron chi connectivity index (χ0n) is 12.4. The van der Waals surface area contributed by atoms with Crippen LogP contribution >= 0.6 is 11.6 Å². The molecule has 0 amide bonds. The highest BCUT2D eigenvalue weighted by molar-refractivity contribution is 6.32. The van der Waals surface area contributed by atoms with Gasteiger partial charge in [-0.25, -0.2) is 4.39 Å². The Morgan fingerprint density at radius 2 is 2.10 bits per heavy atom. The van der Waals surface area contributed by atoms with E-state index in [1.807, 2.05) is 13.0 Å². The predicted octanol–water partition coefficient (Wildman–Crippen LogP) is 4.46. The SMILES string of the molecule is Cc1cc(COc2ccc(F)cc2Cl)oc1CNC(C)C. The predicted molar refractivity (Wildman–Crippen MR) is 81.2 cm³/mol. The van der Waals surface area contributed by atoms with Crippen LogP contribution in [0.4, 0.5) is 4.39 Å². The third kappa shape index (κ3) is 4.48. The lowest BCUT2D eigenvalue weighted by atomic mass is 10.2. The first-order valence-electron chi connectivity index (χ1n) is 6.85. The summed E-state index contributed by atoms with van der Waals surface area (Å²) in [5.74, 6) is 1.66. The summed E-state index contributed by atoms with van der Waals surface area (Å²) in [7, 11) is 0. The minimum absolute atomic E-state index is 0.250. The van der Waals surface area contributed by atoms with Gasteiger partial charge in [-0.1, -0.05) is 25.4 Å². The van der Waals surface area contributed by atoms with Gasteiger partial charge in [0.15, 0.2) is 0 Å². The first-order chi connectivity index (χ1) is 9.95. The molecule has 2 aromatic rings. The van der Waals surface area contributed by atoms with Crippen molar-refractivity contribution in [2.45, 2.75) is 40.0 Å². The van der Waals surface area contributed by atoms with Crippen LogP contribution in [0.1, 0.15) is 30.9 Å². The number of halogens is 2. The molecular formula is C16H19ClFNO2. The number of hydrogen-bond donors (Lipinski definition) is 1. The van der Waals surface area contributed by atoms with E-state index in [4.69, 9.17) is 20.8 Å². The normalized spacial score (nSPS) is 11.1. The van der Waals surface area contributed by atoms with Crippen molar-refractivity contribution in [2.24, 2.45) is 0 Å². The molecule has 2 rings (SSSR count). The Labute approximate surface area is 129 Å². The molecule has 0 aliphatic heterocycles. The maximum atomic E-state index is 13.0. The van der Waals surface area contributed by atoms with Crippen LogP contribution in [0, 0.1) is 12.7 Å². The molecule has 3 nitrogen and oxygen atoms in total. The second-order valence-corrected chi connectivity index (χ2v) is 5.63. The fraction of sp³-hybridized carbons (Fsp3) is 0.375. The molecule has 1 aromatic heterocycles. The Hall–Kier alpha value is -1.52. The molecule has 1 aromatic carbocycles. The zero-order valence-corrected chi connectivity index (χ0v) is 13.1. The van der Waals surface area contributed by atoms with E-state index in [0.29, 0.717) is 24.1 Å². The Kier molecular flexibility index (Phi) is 5.26. The van der Waals surface area contributed by atoms with Crippen molar-refractivity contribution in [3.8, 4) is 5.75 Å². The number of ether oxygens (including phenoxy) is 1. The summed E-state index contributed by atoms with van der Waals surface area (Å²) in [6.45, 7) is 7.10. The summed E-state index contributed by atoms with van der Waals surface area (Å²) in [6.07, 6.45) is 0. The van der Waals surface area contributed by atoms with Crippen molar-refractivity contribution < 1.29 is 13.5 Å². The van der Waals surface area contributed by atoms with Crippen molar-refractivity contribution in [2.75, 3.05) is 0 Å². The Bertz CT molecular complexity index is 610. The lowest BCUT2D eigenvalue weighted by Crippen LogP contribution is -2.21. The van der Waals surface area contributed by atoms with E-state index in [9.17, 15) is 4.39 Å². The average molecular weight is 312 g/mol. The van der Waals surface area contributed by atoms with E-state index in [2.05, 4.69) is 19.2 Å². The van der Waals surface area contributed by atoms with E-state index in [1.165, 1.54) is 18.2 Å². The molecule has 1 N–H and O–H groups in total. The summed E-state index contributed by atoms with van der Waals surface area (Å²) >= 11 is 5.91. The van der Waals surface area contributed by atoms with Crippen molar-refractivity contribution in [3.63, 3.8) is 0 Å². The molecule has 0 aliphatic rings. The molecule has 0 saturated carbocycles. The van der Waals surface area contributed by atoms with E-state index in [0.717, 1.165) is 11.3 Å². The molecule has 5 heteroatoms. The van der Waals surface area contributed by atoms with Crippen LogP contribution in [0.2, 0.25) is 5.02 Å². The number of hydrogen-bond acceptors (Lipinski definition) is 3. The second kappa shape index (κ2) is 6.96. The van der Waals surface area contributed by atoms with Gasteiger partial charge >= 0.3 is 0 Å². The van der Waals surface area contributed by atoms with Crippen molar-refractivity contribution in [3.05, 3.63) is 52.2 Å². The fourth-order valence-corrected chi connectivity index (χ4v) is 2.10. The Morgan fingerprint density at radius 1 is 1.33 bits per heavy atom. The highest BCUT2D eigenvalue weighted by atomic mass is 35.5. The summed E-state index contributed by atoms with van der Waals surface area (Å²) in [4.78, 5) is 0. The number of benzene rings is 1. The molecule has 0 saturated heterocycles. The Balaban J connectivity index is 1.98.